The number of piperidine rings is 1. The van der Waals surface area contributed by atoms with Crippen LogP contribution in [0.2, 0.25) is 10.0 Å². The average Bonchev–Trinajstić information content (AvgIpc) is 3.35. The Morgan fingerprint density at radius 2 is 1.72 bits per heavy atom. The molecule has 2 heterocycles. The van der Waals surface area contributed by atoms with E-state index >= 15 is 0 Å². The van der Waals surface area contributed by atoms with Crippen LogP contribution in [0.25, 0.3) is 11.4 Å². The highest BCUT2D eigenvalue weighted by Crippen LogP contribution is 2.33. The lowest BCUT2D eigenvalue weighted by Gasteiger charge is -2.30. The Kier molecular flexibility index (Phi) is 7.51. The summed E-state index contributed by atoms with van der Waals surface area (Å²) in [5.41, 5.74) is 1.40. The number of likely N-dealkylation sites (tertiary alicyclic amines) is 1. The van der Waals surface area contributed by atoms with Gasteiger partial charge in [0.25, 0.3) is 0 Å². The van der Waals surface area contributed by atoms with Gasteiger partial charge in [-0.1, -0.05) is 46.6 Å². The molecule has 1 fully saturated rings. The van der Waals surface area contributed by atoms with Crippen LogP contribution >= 0.6 is 23.2 Å². The normalized spacial score (nSPS) is 14.5. The van der Waals surface area contributed by atoms with Crippen LogP contribution in [-0.4, -0.2) is 34.0 Å². The molecule has 3 aromatic carbocycles. The number of rotatable bonds is 7. The first kappa shape index (κ1) is 24.3. The lowest BCUT2D eigenvalue weighted by molar-refractivity contribution is -0.121. The fraction of sp³-hybridized carbons (Fsp3) is 0.222. The maximum absolute atomic E-state index is 13.1. The largest absolute Gasteiger partial charge is 0.455 e. The van der Waals surface area contributed by atoms with E-state index in [1.54, 1.807) is 30.3 Å². The molecule has 0 unspecified atom stereocenters. The van der Waals surface area contributed by atoms with Gasteiger partial charge in [0.1, 0.15) is 5.75 Å². The molecular weight excluding hydrogens is 499 g/mol. The smallest absolute Gasteiger partial charge is 0.241 e. The number of halogens is 2. The number of nitrogens with zero attached hydrogens (tertiary/aromatic N) is 3. The molecule has 0 atom stereocenters. The predicted molar refractivity (Wildman–Crippen MR) is 139 cm³/mol. The minimum atomic E-state index is -0.114. The third-order valence-electron chi connectivity index (χ3n) is 6.06. The van der Waals surface area contributed by atoms with Crippen molar-refractivity contribution in [2.24, 2.45) is 5.92 Å². The topological polar surface area (TPSA) is 80.5 Å². The zero-order chi connectivity index (χ0) is 24.9. The second-order valence-corrected chi connectivity index (χ2v) is 9.49. The molecule has 36 heavy (non-hydrogen) atoms. The molecular formula is C27H24Cl2N4O3. The molecule has 5 rings (SSSR count). The zero-order valence-corrected chi connectivity index (χ0v) is 20.9. The Balaban J connectivity index is 1.16. The van der Waals surface area contributed by atoms with Crippen molar-refractivity contribution in [1.29, 1.82) is 0 Å². The van der Waals surface area contributed by atoms with Crippen molar-refractivity contribution < 1.29 is 14.1 Å². The second-order valence-electron chi connectivity index (χ2n) is 8.61. The summed E-state index contributed by atoms with van der Waals surface area (Å²) in [6.45, 7) is 2.04. The van der Waals surface area contributed by atoms with Crippen LogP contribution < -0.4 is 10.1 Å². The highest BCUT2D eigenvalue weighted by atomic mass is 35.5. The Labute approximate surface area is 219 Å². The number of carbonyl (C=O) groups excluding carboxylic acids is 1. The van der Waals surface area contributed by atoms with Gasteiger partial charge in [0.05, 0.1) is 12.2 Å². The molecule has 0 radical (unpaired) electrons. The fourth-order valence-electron chi connectivity index (χ4n) is 4.12. The summed E-state index contributed by atoms with van der Waals surface area (Å²) in [6.07, 6.45) is 1.44. The van der Waals surface area contributed by atoms with Crippen molar-refractivity contribution in [3.8, 4) is 22.9 Å². The van der Waals surface area contributed by atoms with Crippen molar-refractivity contribution >= 4 is 34.8 Å². The van der Waals surface area contributed by atoms with E-state index in [0.29, 0.717) is 45.5 Å². The Hall–Kier alpha value is -3.39. The van der Waals surface area contributed by atoms with Gasteiger partial charge in [-0.2, -0.15) is 4.98 Å². The molecule has 1 N–H and O–H groups in total. The monoisotopic (exact) mass is 522 g/mol. The summed E-state index contributed by atoms with van der Waals surface area (Å²) < 4.78 is 11.4. The predicted octanol–water partition coefficient (Wildman–Crippen LogP) is 6.69. The fourth-order valence-corrected chi connectivity index (χ4v) is 4.42. The summed E-state index contributed by atoms with van der Waals surface area (Å²) in [4.78, 5) is 19.8. The third kappa shape index (κ3) is 6.05. The number of aromatic nitrogens is 2. The van der Waals surface area contributed by atoms with Crippen molar-refractivity contribution in [3.05, 3.63) is 88.7 Å². The molecule has 0 bridgehead atoms. The zero-order valence-electron chi connectivity index (χ0n) is 19.4. The molecule has 0 aliphatic carbocycles. The molecule has 4 aromatic rings. The van der Waals surface area contributed by atoms with Crippen LogP contribution in [-0.2, 0) is 11.3 Å². The number of anilines is 1. The Morgan fingerprint density at radius 3 is 2.47 bits per heavy atom. The van der Waals surface area contributed by atoms with Gasteiger partial charge >= 0.3 is 0 Å². The van der Waals surface area contributed by atoms with E-state index in [-0.39, 0.29) is 11.8 Å². The van der Waals surface area contributed by atoms with Gasteiger partial charge in [-0.25, -0.2) is 0 Å². The molecule has 1 saturated heterocycles. The first-order valence-corrected chi connectivity index (χ1v) is 12.4. The summed E-state index contributed by atoms with van der Waals surface area (Å²) in [7, 11) is 0. The van der Waals surface area contributed by atoms with Gasteiger partial charge < -0.3 is 14.6 Å². The van der Waals surface area contributed by atoms with E-state index in [1.807, 2.05) is 42.5 Å². The number of carbonyl (C=O) groups is 1. The van der Waals surface area contributed by atoms with Crippen molar-refractivity contribution in [2.75, 3.05) is 18.4 Å². The number of benzene rings is 3. The number of amides is 1. The summed E-state index contributed by atoms with van der Waals surface area (Å²) in [5, 5.41) is 8.27. The number of nitrogens with one attached hydrogen (secondary N) is 1. The van der Waals surface area contributed by atoms with E-state index in [4.69, 9.17) is 32.5 Å². The van der Waals surface area contributed by atoms with Crippen LogP contribution in [0.15, 0.2) is 77.3 Å². The van der Waals surface area contributed by atoms with Gasteiger partial charge in [0.15, 0.2) is 5.75 Å². The number of ether oxygens (including phenoxy) is 1. The molecule has 1 aromatic heterocycles. The van der Waals surface area contributed by atoms with Gasteiger partial charge in [0, 0.05) is 21.5 Å². The summed E-state index contributed by atoms with van der Waals surface area (Å²) >= 11 is 12.1. The third-order valence-corrected chi connectivity index (χ3v) is 6.55. The van der Waals surface area contributed by atoms with E-state index in [0.717, 1.165) is 31.5 Å². The van der Waals surface area contributed by atoms with Crippen molar-refractivity contribution in [3.63, 3.8) is 0 Å². The highest BCUT2D eigenvalue weighted by molar-refractivity contribution is 6.31. The Morgan fingerprint density at radius 1 is 1.00 bits per heavy atom. The quantitative estimate of drug-likeness (QED) is 0.291. The average molecular weight is 523 g/mol. The second kappa shape index (κ2) is 11.1. The maximum Gasteiger partial charge on any atom is 0.241 e. The van der Waals surface area contributed by atoms with Crippen molar-refractivity contribution in [2.45, 2.75) is 19.4 Å². The molecule has 184 valence electrons. The highest BCUT2D eigenvalue weighted by Gasteiger charge is 2.27. The van der Waals surface area contributed by atoms with E-state index in [2.05, 4.69) is 20.4 Å². The lowest BCUT2D eigenvalue weighted by atomic mass is 9.96. The van der Waals surface area contributed by atoms with Gasteiger partial charge in [-0.05, 0) is 80.5 Å². The van der Waals surface area contributed by atoms with E-state index < -0.39 is 0 Å². The number of para-hydroxylation sites is 1. The molecule has 1 aliphatic heterocycles. The summed E-state index contributed by atoms with van der Waals surface area (Å²) in [6, 6.07) is 21.9. The van der Waals surface area contributed by atoms with Crippen LogP contribution in [0.1, 0.15) is 18.7 Å². The molecule has 0 saturated carbocycles. The van der Waals surface area contributed by atoms with E-state index in [1.165, 1.54) is 0 Å². The first-order chi connectivity index (χ1) is 17.5. The van der Waals surface area contributed by atoms with Crippen molar-refractivity contribution in [1.82, 2.24) is 15.0 Å². The minimum Gasteiger partial charge on any atom is -0.455 e. The molecule has 7 nitrogen and oxygen atoms in total. The number of hydrogen-bond acceptors (Lipinski definition) is 6. The van der Waals surface area contributed by atoms with Gasteiger partial charge in [-0.3, -0.25) is 9.69 Å². The van der Waals surface area contributed by atoms with Gasteiger partial charge in [0.2, 0.25) is 17.6 Å². The first-order valence-electron chi connectivity index (χ1n) is 11.7. The molecule has 9 heteroatoms. The number of hydrogen-bond donors (Lipinski definition) is 1. The van der Waals surface area contributed by atoms with Crippen LogP contribution in [0.4, 0.5) is 5.69 Å². The molecule has 0 spiro atoms. The van der Waals surface area contributed by atoms with Gasteiger partial charge in [-0.15, -0.1) is 0 Å². The minimum absolute atomic E-state index is 0.0438. The lowest BCUT2D eigenvalue weighted by Crippen LogP contribution is -2.37. The molecule has 1 amide bonds. The maximum atomic E-state index is 13.1. The van der Waals surface area contributed by atoms with Crippen LogP contribution in [0.5, 0.6) is 11.5 Å². The van der Waals surface area contributed by atoms with Crippen LogP contribution in [0, 0.1) is 5.92 Å². The molecule has 1 aliphatic rings. The van der Waals surface area contributed by atoms with E-state index in [9.17, 15) is 4.79 Å². The van der Waals surface area contributed by atoms with Crippen LogP contribution in [0.3, 0.4) is 0 Å². The Bertz CT molecular complexity index is 1320. The summed E-state index contributed by atoms with van der Waals surface area (Å²) in [5.74, 6) is 2.15. The standard InChI is InChI=1S/C27H24Cl2N4O3/c28-20-8-6-18(7-9-20)26-31-25(36-32-26)17-33-14-12-19(13-15-33)27(34)30-23-16-21(29)10-11-24(23)35-22-4-2-1-3-5-22/h1-11,16,19H,12-15,17H2,(H,30,34). The SMILES string of the molecule is O=C(Nc1cc(Cl)ccc1Oc1ccccc1)C1CCN(Cc2nc(-c3ccc(Cl)cc3)no2)CC1.